The molecule has 0 saturated carbocycles. The third-order valence-corrected chi connectivity index (χ3v) is 5.36. The highest BCUT2D eigenvalue weighted by Gasteiger charge is 2.53. The van der Waals surface area contributed by atoms with Crippen LogP contribution in [0.4, 0.5) is 4.79 Å². The number of hydrogen-bond acceptors (Lipinski definition) is 6. The van der Waals surface area contributed by atoms with E-state index in [9.17, 15) is 19.2 Å². The number of ether oxygens (including phenoxy) is 1. The topological polar surface area (TPSA) is 105 Å². The molecule has 128 valence electrons. The average molecular weight is 343 g/mol. The summed E-state index contributed by atoms with van der Waals surface area (Å²) in [7, 11) is 0. The Kier molecular flexibility index (Phi) is 5.51. The van der Waals surface area contributed by atoms with Crippen molar-refractivity contribution in [2.75, 3.05) is 18.9 Å². The monoisotopic (exact) mass is 343 g/mol. The van der Waals surface area contributed by atoms with Crippen molar-refractivity contribution in [1.29, 1.82) is 0 Å². The van der Waals surface area contributed by atoms with Crippen LogP contribution < -0.4 is 10.6 Å². The van der Waals surface area contributed by atoms with Crippen molar-refractivity contribution in [2.24, 2.45) is 0 Å². The van der Waals surface area contributed by atoms with Crippen molar-refractivity contribution in [1.82, 2.24) is 15.5 Å². The van der Waals surface area contributed by atoms with Gasteiger partial charge in [-0.25, -0.2) is 9.59 Å². The smallest absolute Gasteiger partial charge is 0.330 e. The summed E-state index contributed by atoms with van der Waals surface area (Å²) in [6.45, 7) is 3.73. The molecule has 2 N–H and O–H groups in total. The van der Waals surface area contributed by atoms with Crippen LogP contribution >= 0.6 is 11.8 Å². The van der Waals surface area contributed by atoms with Crippen molar-refractivity contribution in [3.63, 3.8) is 0 Å². The summed E-state index contributed by atoms with van der Waals surface area (Å²) >= 11 is 1.55. The quantitative estimate of drug-likeness (QED) is 0.692. The second kappa shape index (κ2) is 7.20. The molecule has 2 heterocycles. The zero-order valence-electron chi connectivity index (χ0n) is 13.2. The highest BCUT2D eigenvalue weighted by atomic mass is 32.2. The lowest BCUT2D eigenvalue weighted by Crippen LogP contribution is -2.47. The van der Waals surface area contributed by atoms with Crippen molar-refractivity contribution in [3.05, 3.63) is 0 Å². The SMILES string of the molecule is CCCNC(=O)NC(=O)COC(=O)[C@@H]1CS[C@]2(C)CCC(=O)N12. The van der Waals surface area contributed by atoms with E-state index in [4.69, 9.17) is 4.74 Å². The predicted molar refractivity (Wildman–Crippen MR) is 83.5 cm³/mol. The van der Waals surface area contributed by atoms with Gasteiger partial charge in [0, 0.05) is 18.7 Å². The largest absolute Gasteiger partial charge is 0.454 e. The second-order valence-corrected chi connectivity index (χ2v) is 7.18. The van der Waals surface area contributed by atoms with Gasteiger partial charge in [-0.15, -0.1) is 11.8 Å². The van der Waals surface area contributed by atoms with Gasteiger partial charge in [0.25, 0.3) is 5.91 Å². The molecule has 0 spiro atoms. The van der Waals surface area contributed by atoms with Gasteiger partial charge in [0.05, 0.1) is 4.87 Å². The van der Waals surface area contributed by atoms with Gasteiger partial charge >= 0.3 is 12.0 Å². The molecule has 0 aromatic carbocycles. The Hall–Kier alpha value is -1.77. The maximum Gasteiger partial charge on any atom is 0.330 e. The van der Waals surface area contributed by atoms with Gasteiger partial charge in [0.15, 0.2) is 6.61 Å². The first-order valence-corrected chi connectivity index (χ1v) is 8.56. The van der Waals surface area contributed by atoms with E-state index in [0.29, 0.717) is 25.1 Å². The summed E-state index contributed by atoms with van der Waals surface area (Å²) in [5.41, 5.74) is 0. The van der Waals surface area contributed by atoms with Crippen LogP contribution in [0.1, 0.15) is 33.1 Å². The zero-order chi connectivity index (χ0) is 17.0. The molecule has 2 fully saturated rings. The molecule has 23 heavy (non-hydrogen) atoms. The van der Waals surface area contributed by atoms with Crippen LogP contribution in [0.2, 0.25) is 0 Å². The van der Waals surface area contributed by atoms with Gasteiger partial charge in [-0.2, -0.15) is 0 Å². The van der Waals surface area contributed by atoms with Gasteiger partial charge in [-0.05, 0) is 19.8 Å². The Morgan fingerprint density at radius 1 is 1.43 bits per heavy atom. The van der Waals surface area contributed by atoms with E-state index in [-0.39, 0.29) is 10.8 Å². The van der Waals surface area contributed by atoms with E-state index < -0.39 is 30.6 Å². The molecule has 2 aliphatic heterocycles. The molecule has 9 heteroatoms. The first-order valence-electron chi connectivity index (χ1n) is 7.58. The van der Waals surface area contributed by atoms with Crippen molar-refractivity contribution < 1.29 is 23.9 Å². The van der Waals surface area contributed by atoms with Crippen LogP contribution in [-0.2, 0) is 19.1 Å². The van der Waals surface area contributed by atoms with Crippen LogP contribution in [0.5, 0.6) is 0 Å². The molecular weight excluding hydrogens is 322 g/mol. The minimum Gasteiger partial charge on any atom is -0.454 e. The Bertz CT molecular complexity index is 527. The number of esters is 1. The lowest BCUT2D eigenvalue weighted by molar-refractivity contribution is -0.156. The number of nitrogens with zero attached hydrogens (tertiary/aromatic N) is 1. The first kappa shape index (κ1) is 17.6. The number of amides is 4. The van der Waals surface area contributed by atoms with E-state index >= 15 is 0 Å². The molecule has 0 aliphatic carbocycles. The number of nitrogens with one attached hydrogen (secondary N) is 2. The van der Waals surface area contributed by atoms with Crippen molar-refractivity contribution >= 4 is 35.6 Å². The standard InChI is InChI=1S/C14H21N3O5S/c1-3-6-15-13(21)16-10(18)7-22-12(20)9-8-23-14(2)5-4-11(19)17(9)14/h9H,3-8H2,1-2H3,(H2,15,16,18,21)/t9-,14+/m0/s1. The summed E-state index contributed by atoms with van der Waals surface area (Å²) in [5.74, 6) is -0.920. The molecule has 0 unspecified atom stereocenters. The number of carbonyl (C=O) groups excluding carboxylic acids is 4. The van der Waals surface area contributed by atoms with E-state index in [1.54, 1.807) is 16.7 Å². The maximum absolute atomic E-state index is 12.1. The summed E-state index contributed by atoms with van der Waals surface area (Å²) in [6.07, 6.45) is 1.88. The lowest BCUT2D eigenvalue weighted by atomic mass is 10.2. The minimum absolute atomic E-state index is 0.0668. The normalized spacial score (nSPS) is 25.9. The van der Waals surface area contributed by atoms with Crippen LogP contribution in [0, 0.1) is 0 Å². The number of thioether (sulfide) groups is 1. The highest BCUT2D eigenvalue weighted by molar-refractivity contribution is 8.01. The van der Waals surface area contributed by atoms with E-state index in [1.165, 1.54) is 0 Å². The number of carbonyl (C=O) groups is 4. The molecule has 2 rings (SSSR count). The van der Waals surface area contributed by atoms with Gasteiger partial charge < -0.3 is 15.0 Å². The third kappa shape index (κ3) is 3.95. The molecule has 0 bridgehead atoms. The van der Waals surface area contributed by atoms with Gasteiger partial charge in [-0.3, -0.25) is 14.9 Å². The van der Waals surface area contributed by atoms with Crippen molar-refractivity contribution in [2.45, 2.75) is 44.0 Å². The molecular formula is C14H21N3O5S. The fraction of sp³-hybridized carbons (Fsp3) is 0.714. The first-order chi connectivity index (χ1) is 10.9. The van der Waals surface area contributed by atoms with Crippen molar-refractivity contribution in [3.8, 4) is 0 Å². The molecule has 2 aliphatic rings. The van der Waals surface area contributed by atoms with Crippen LogP contribution in [0.3, 0.4) is 0 Å². The van der Waals surface area contributed by atoms with Crippen LogP contribution in [0.15, 0.2) is 0 Å². The molecule has 0 radical (unpaired) electrons. The Balaban J connectivity index is 1.80. The fourth-order valence-electron chi connectivity index (χ4n) is 2.67. The summed E-state index contributed by atoms with van der Waals surface area (Å²) in [6, 6.07) is -1.28. The average Bonchev–Trinajstić information content (AvgIpc) is 2.99. The maximum atomic E-state index is 12.1. The third-order valence-electron chi connectivity index (χ3n) is 3.85. The molecule has 2 atom stereocenters. The van der Waals surface area contributed by atoms with E-state index in [0.717, 1.165) is 6.42 Å². The Morgan fingerprint density at radius 2 is 2.17 bits per heavy atom. The molecule has 8 nitrogen and oxygen atoms in total. The highest BCUT2D eigenvalue weighted by Crippen LogP contribution is 2.47. The van der Waals surface area contributed by atoms with E-state index in [2.05, 4.69) is 10.6 Å². The number of urea groups is 1. The predicted octanol–water partition coefficient (Wildman–Crippen LogP) is 0.219. The molecule has 4 amide bonds. The van der Waals surface area contributed by atoms with Gasteiger partial charge in [0.1, 0.15) is 6.04 Å². The lowest BCUT2D eigenvalue weighted by Gasteiger charge is -2.29. The van der Waals surface area contributed by atoms with Crippen LogP contribution in [0.25, 0.3) is 0 Å². The molecule has 0 aromatic heterocycles. The minimum atomic E-state index is -0.701. The summed E-state index contributed by atoms with van der Waals surface area (Å²) < 4.78 is 4.96. The van der Waals surface area contributed by atoms with Gasteiger partial charge in [-0.1, -0.05) is 6.92 Å². The summed E-state index contributed by atoms with van der Waals surface area (Å²) in [5, 5.41) is 4.55. The fourth-order valence-corrected chi connectivity index (χ4v) is 4.09. The van der Waals surface area contributed by atoms with E-state index in [1.807, 2.05) is 13.8 Å². The zero-order valence-corrected chi connectivity index (χ0v) is 14.0. The Morgan fingerprint density at radius 3 is 2.87 bits per heavy atom. The second-order valence-electron chi connectivity index (χ2n) is 5.68. The van der Waals surface area contributed by atoms with Crippen LogP contribution in [-0.4, -0.2) is 58.5 Å². The summed E-state index contributed by atoms with van der Waals surface area (Å²) in [4.78, 5) is 48.1. The Labute approximate surface area is 138 Å². The van der Waals surface area contributed by atoms with Gasteiger partial charge in [0.2, 0.25) is 5.91 Å². The number of fused-ring (bicyclic) bond motifs is 1. The number of hydrogen-bond donors (Lipinski definition) is 2. The number of rotatable bonds is 5. The molecule has 0 aromatic rings. The molecule has 2 saturated heterocycles. The number of imide groups is 1.